The van der Waals surface area contributed by atoms with E-state index in [1.165, 1.54) is 0 Å². The molecule has 1 amide bonds. The fourth-order valence-electron chi connectivity index (χ4n) is 2.49. The van der Waals surface area contributed by atoms with Crippen molar-refractivity contribution in [2.24, 2.45) is 0 Å². The van der Waals surface area contributed by atoms with Crippen molar-refractivity contribution in [2.45, 2.75) is 13.3 Å². The largest absolute Gasteiger partial charge is 0.506 e. The lowest BCUT2D eigenvalue weighted by molar-refractivity contribution is 0.0953. The lowest BCUT2D eigenvalue weighted by Crippen LogP contribution is -2.23. The van der Waals surface area contributed by atoms with E-state index in [0.29, 0.717) is 17.6 Å². The number of phenolic OH excluding ortho intramolecular Hbond substituents is 1. The maximum atomic E-state index is 11.9. The number of benzene rings is 2. The third kappa shape index (κ3) is 3.16. The van der Waals surface area contributed by atoms with Crippen LogP contribution in [0.15, 0.2) is 54.7 Å². The first kappa shape index (κ1) is 15.0. The van der Waals surface area contributed by atoms with E-state index in [1.807, 2.05) is 37.3 Å². The fraction of sp³-hybridized carbons (Fsp3) is 0.158. The van der Waals surface area contributed by atoms with Gasteiger partial charge in [-0.2, -0.15) is 0 Å². The van der Waals surface area contributed by atoms with Crippen molar-refractivity contribution in [1.29, 1.82) is 0 Å². The standard InChI is InChI=1S/C19H18N2O2/c1-2-9-21-19(23)14-7-5-13(6-8-14)16-11-15-4-3-10-20-18(15)17(22)12-16/h3-8,10-12,22H,2,9H2,1H3,(H,21,23). The highest BCUT2D eigenvalue weighted by atomic mass is 16.3. The second-order valence-corrected chi connectivity index (χ2v) is 5.40. The van der Waals surface area contributed by atoms with Crippen molar-refractivity contribution in [3.05, 3.63) is 60.3 Å². The molecule has 0 aliphatic carbocycles. The maximum absolute atomic E-state index is 11.9. The summed E-state index contributed by atoms with van der Waals surface area (Å²) in [5, 5.41) is 13.9. The minimum Gasteiger partial charge on any atom is -0.506 e. The second-order valence-electron chi connectivity index (χ2n) is 5.40. The van der Waals surface area contributed by atoms with Crippen LogP contribution in [0.25, 0.3) is 22.0 Å². The summed E-state index contributed by atoms with van der Waals surface area (Å²) in [4.78, 5) is 16.1. The summed E-state index contributed by atoms with van der Waals surface area (Å²) in [5.74, 6) is 0.0897. The van der Waals surface area contributed by atoms with Crippen LogP contribution in [0.4, 0.5) is 0 Å². The zero-order valence-corrected chi connectivity index (χ0v) is 12.9. The number of phenols is 1. The summed E-state index contributed by atoms with van der Waals surface area (Å²) in [7, 11) is 0. The van der Waals surface area contributed by atoms with E-state index >= 15 is 0 Å². The summed E-state index contributed by atoms with van der Waals surface area (Å²) in [5.41, 5.74) is 3.06. The van der Waals surface area contributed by atoms with E-state index in [1.54, 1.807) is 24.4 Å². The number of amides is 1. The van der Waals surface area contributed by atoms with Crippen LogP contribution in [0.1, 0.15) is 23.7 Å². The Morgan fingerprint density at radius 2 is 1.91 bits per heavy atom. The molecule has 3 rings (SSSR count). The first-order valence-electron chi connectivity index (χ1n) is 7.65. The number of aromatic nitrogens is 1. The van der Waals surface area contributed by atoms with E-state index in [-0.39, 0.29) is 11.7 Å². The van der Waals surface area contributed by atoms with Gasteiger partial charge in [-0.15, -0.1) is 0 Å². The van der Waals surface area contributed by atoms with Crippen molar-refractivity contribution in [1.82, 2.24) is 10.3 Å². The zero-order chi connectivity index (χ0) is 16.2. The highest BCUT2D eigenvalue weighted by Gasteiger charge is 2.08. The van der Waals surface area contributed by atoms with Gasteiger partial charge in [0, 0.05) is 23.7 Å². The van der Waals surface area contributed by atoms with Crippen LogP contribution in [0.5, 0.6) is 5.75 Å². The highest BCUT2D eigenvalue weighted by Crippen LogP contribution is 2.30. The number of nitrogens with one attached hydrogen (secondary N) is 1. The van der Waals surface area contributed by atoms with Crippen LogP contribution in [-0.2, 0) is 0 Å². The Labute approximate surface area is 134 Å². The molecule has 0 spiro atoms. The molecule has 4 heteroatoms. The first-order chi connectivity index (χ1) is 11.2. The molecule has 116 valence electrons. The van der Waals surface area contributed by atoms with E-state index in [0.717, 1.165) is 22.9 Å². The molecule has 1 aromatic heterocycles. The molecule has 23 heavy (non-hydrogen) atoms. The van der Waals surface area contributed by atoms with Crippen molar-refractivity contribution in [3.8, 4) is 16.9 Å². The van der Waals surface area contributed by atoms with Gasteiger partial charge < -0.3 is 10.4 Å². The number of hydrogen-bond acceptors (Lipinski definition) is 3. The van der Waals surface area contributed by atoms with Crippen molar-refractivity contribution < 1.29 is 9.90 Å². The van der Waals surface area contributed by atoms with Gasteiger partial charge in [0.05, 0.1) is 0 Å². The van der Waals surface area contributed by atoms with Gasteiger partial charge >= 0.3 is 0 Å². The minimum atomic E-state index is -0.0658. The third-order valence-corrected chi connectivity index (χ3v) is 3.70. The van der Waals surface area contributed by atoms with Gasteiger partial charge in [0.15, 0.2) is 0 Å². The molecule has 0 unspecified atom stereocenters. The Morgan fingerprint density at radius 3 is 2.65 bits per heavy atom. The van der Waals surface area contributed by atoms with Crippen LogP contribution in [0, 0.1) is 0 Å². The molecule has 4 nitrogen and oxygen atoms in total. The van der Waals surface area contributed by atoms with Crippen LogP contribution in [0.2, 0.25) is 0 Å². The number of aromatic hydroxyl groups is 1. The molecule has 0 fully saturated rings. The van der Waals surface area contributed by atoms with Crippen LogP contribution < -0.4 is 5.32 Å². The number of carbonyl (C=O) groups is 1. The van der Waals surface area contributed by atoms with Crippen molar-refractivity contribution in [3.63, 3.8) is 0 Å². The Balaban J connectivity index is 1.92. The minimum absolute atomic E-state index is 0.0658. The molecule has 1 heterocycles. The summed E-state index contributed by atoms with van der Waals surface area (Å²) in [6, 6.07) is 14.8. The Bertz CT molecular complexity index is 842. The van der Waals surface area contributed by atoms with Crippen LogP contribution in [0.3, 0.4) is 0 Å². The number of fused-ring (bicyclic) bond motifs is 1. The Morgan fingerprint density at radius 1 is 1.13 bits per heavy atom. The lowest BCUT2D eigenvalue weighted by Gasteiger charge is -2.08. The quantitative estimate of drug-likeness (QED) is 0.771. The molecule has 0 saturated heterocycles. The van der Waals surface area contributed by atoms with E-state index in [9.17, 15) is 9.90 Å². The molecular weight excluding hydrogens is 288 g/mol. The zero-order valence-electron chi connectivity index (χ0n) is 12.9. The van der Waals surface area contributed by atoms with Gasteiger partial charge in [-0.3, -0.25) is 9.78 Å². The SMILES string of the molecule is CCCNC(=O)c1ccc(-c2cc(O)c3ncccc3c2)cc1. The third-order valence-electron chi connectivity index (χ3n) is 3.70. The van der Waals surface area contributed by atoms with E-state index < -0.39 is 0 Å². The molecule has 0 aliphatic heterocycles. The Kier molecular flexibility index (Phi) is 4.24. The highest BCUT2D eigenvalue weighted by molar-refractivity contribution is 5.95. The number of nitrogens with zero attached hydrogens (tertiary/aromatic N) is 1. The second kappa shape index (κ2) is 6.48. The molecule has 0 bridgehead atoms. The summed E-state index contributed by atoms with van der Waals surface area (Å²) in [6.45, 7) is 2.69. The Hall–Kier alpha value is -2.88. The molecular formula is C19H18N2O2. The topological polar surface area (TPSA) is 62.2 Å². The van der Waals surface area contributed by atoms with E-state index in [2.05, 4.69) is 10.3 Å². The van der Waals surface area contributed by atoms with Gasteiger partial charge in [-0.1, -0.05) is 25.1 Å². The number of hydrogen-bond donors (Lipinski definition) is 2. The van der Waals surface area contributed by atoms with Crippen molar-refractivity contribution >= 4 is 16.8 Å². The number of rotatable bonds is 4. The van der Waals surface area contributed by atoms with Crippen molar-refractivity contribution in [2.75, 3.05) is 6.54 Å². The van der Waals surface area contributed by atoms with Gasteiger partial charge in [0.25, 0.3) is 5.91 Å². The molecule has 3 aromatic rings. The molecule has 2 N–H and O–H groups in total. The molecule has 0 aliphatic rings. The fourth-order valence-corrected chi connectivity index (χ4v) is 2.49. The summed E-state index contributed by atoms with van der Waals surface area (Å²) >= 11 is 0. The van der Waals surface area contributed by atoms with Crippen LogP contribution >= 0.6 is 0 Å². The normalized spacial score (nSPS) is 10.7. The van der Waals surface area contributed by atoms with Crippen LogP contribution in [-0.4, -0.2) is 22.5 Å². The van der Waals surface area contributed by atoms with Gasteiger partial charge in [-0.25, -0.2) is 0 Å². The molecule has 2 aromatic carbocycles. The number of carbonyl (C=O) groups excluding carboxylic acids is 1. The molecule has 0 atom stereocenters. The average molecular weight is 306 g/mol. The number of pyridine rings is 1. The predicted octanol–water partition coefficient (Wildman–Crippen LogP) is 3.75. The lowest BCUT2D eigenvalue weighted by atomic mass is 10.0. The average Bonchev–Trinajstić information content (AvgIpc) is 2.60. The van der Waals surface area contributed by atoms with Gasteiger partial charge in [-0.05, 0) is 47.9 Å². The summed E-state index contributed by atoms with van der Waals surface area (Å²) < 4.78 is 0. The van der Waals surface area contributed by atoms with Gasteiger partial charge in [0.2, 0.25) is 0 Å². The van der Waals surface area contributed by atoms with E-state index in [4.69, 9.17) is 0 Å². The molecule has 0 radical (unpaired) electrons. The first-order valence-corrected chi connectivity index (χ1v) is 7.65. The monoisotopic (exact) mass is 306 g/mol. The molecule has 0 saturated carbocycles. The van der Waals surface area contributed by atoms with Gasteiger partial charge in [0.1, 0.15) is 11.3 Å². The maximum Gasteiger partial charge on any atom is 0.251 e. The summed E-state index contributed by atoms with van der Waals surface area (Å²) in [6.07, 6.45) is 2.57. The smallest absolute Gasteiger partial charge is 0.251 e. The predicted molar refractivity (Wildman–Crippen MR) is 91.5 cm³/mol.